The predicted molar refractivity (Wildman–Crippen MR) is 181 cm³/mol. The van der Waals surface area contributed by atoms with Crippen LogP contribution in [0.2, 0.25) is 0 Å². The topological polar surface area (TPSA) is 67.3 Å². The number of fused-ring (bicyclic) bond motifs is 1. The van der Waals surface area contributed by atoms with Gasteiger partial charge in [-0.25, -0.2) is 14.2 Å². The van der Waals surface area contributed by atoms with Gasteiger partial charge in [-0.15, -0.1) is 0 Å². The molecule has 1 aliphatic heterocycles. The highest BCUT2D eigenvalue weighted by Gasteiger charge is 2.41. The molecular weight excluding hydrogens is 743 g/mol. The molecule has 2 aromatic heterocycles. The van der Waals surface area contributed by atoms with Gasteiger partial charge in [-0.05, 0) is 46.5 Å². The molecule has 1 N–H and O–H groups in total. The van der Waals surface area contributed by atoms with Gasteiger partial charge in [0.1, 0.15) is 18.0 Å². The molecule has 47 heavy (non-hydrogen) atoms. The second-order valence-corrected chi connectivity index (χ2v) is 13.1. The normalized spacial score (nSPS) is 14.3. The van der Waals surface area contributed by atoms with Gasteiger partial charge in [0.15, 0.2) is 5.13 Å². The predicted octanol–water partition coefficient (Wildman–Crippen LogP) is 8.92. The molecule has 12 heteroatoms. The van der Waals surface area contributed by atoms with Gasteiger partial charge in [-0.1, -0.05) is 101 Å². The Labute approximate surface area is 287 Å². The highest BCUT2D eigenvalue weighted by molar-refractivity contribution is 14.1. The van der Waals surface area contributed by atoms with E-state index in [9.17, 15) is 18.0 Å². The average Bonchev–Trinajstić information content (AvgIpc) is 3.48. The molecule has 6 rings (SSSR count). The van der Waals surface area contributed by atoms with E-state index in [4.69, 9.17) is 14.7 Å². The number of amides is 1. The molecule has 3 heterocycles. The third-order valence-corrected chi connectivity index (χ3v) is 9.84. The largest absolute Gasteiger partial charge is 0.445 e. The number of benzene rings is 3. The molecule has 5 aromatic rings. The number of alkyl halides is 4. The molecule has 6 nitrogen and oxygen atoms in total. The van der Waals surface area contributed by atoms with Gasteiger partial charge in [0.05, 0.1) is 23.5 Å². The third-order valence-electron chi connectivity index (χ3n) is 7.96. The van der Waals surface area contributed by atoms with E-state index < -0.39 is 29.2 Å². The van der Waals surface area contributed by atoms with Gasteiger partial charge in [-0.3, -0.25) is 4.98 Å². The van der Waals surface area contributed by atoms with E-state index in [1.165, 1.54) is 11.3 Å². The van der Waals surface area contributed by atoms with Crippen molar-refractivity contribution in [3.05, 3.63) is 147 Å². The van der Waals surface area contributed by atoms with E-state index in [1.807, 2.05) is 66.7 Å². The number of nitrogens with one attached hydrogen (secondary N) is 1. The lowest BCUT2D eigenvalue weighted by atomic mass is 9.79. The smallest absolute Gasteiger partial charge is 0.416 e. The van der Waals surface area contributed by atoms with Crippen LogP contribution in [-0.2, 0) is 46.9 Å². The number of rotatable bonds is 9. The van der Waals surface area contributed by atoms with Gasteiger partial charge < -0.3 is 15.0 Å². The molecule has 242 valence electrons. The molecule has 1 aliphatic rings. The fourth-order valence-electron chi connectivity index (χ4n) is 5.58. The summed E-state index contributed by atoms with van der Waals surface area (Å²) in [6.45, 7) is 0.823. The van der Waals surface area contributed by atoms with E-state index in [-0.39, 0.29) is 25.1 Å². The number of pyridine rings is 1. The van der Waals surface area contributed by atoms with Crippen molar-refractivity contribution in [2.45, 2.75) is 42.1 Å². The van der Waals surface area contributed by atoms with Gasteiger partial charge in [0, 0.05) is 34.9 Å². The lowest BCUT2D eigenvalue weighted by molar-refractivity contribution is -0.137. The quantitative estimate of drug-likeness (QED) is 0.0922. The molecule has 1 amide bonds. The van der Waals surface area contributed by atoms with Crippen molar-refractivity contribution in [3.8, 4) is 0 Å². The number of anilines is 1. The van der Waals surface area contributed by atoms with Crippen LogP contribution in [-0.4, -0.2) is 27.5 Å². The van der Waals surface area contributed by atoms with Crippen LogP contribution in [0.5, 0.6) is 0 Å². The van der Waals surface area contributed by atoms with Crippen LogP contribution >= 0.6 is 33.9 Å². The van der Waals surface area contributed by atoms with Gasteiger partial charge in [-0.2, -0.15) is 13.2 Å². The summed E-state index contributed by atoms with van der Waals surface area (Å²) < 4.78 is 63.4. The number of carbonyl (C=O) groups is 1. The SMILES string of the molecule is O=C(OCc1ccccc1)N1CCc2nc(NC(Cc3ccccc3)(c3cc(F)cc(C(F)(F)F)c3)c3ccc(CI)cn3)sc2C1. The second kappa shape index (κ2) is 14.0. The van der Waals surface area contributed by atoms with Crippen molar-refractivity contribution in [1.29, 1.82) is 0 Å². The summed E-state index contributed by atoms with van der Waals surface area (Å²) in [6.07, 6.45) is -2.92. The molecule has 0 bridgehead atoms. The van der Waals surface area contributed by atoms with E-state index in [2.05, 4.69) is 27.9 Å². The van der Waals surface area contributed by atoms with Crippen LogP contribution in [0.4, 0.5) is 27.5 Å². The first kappa shape index (κ1) is 32.9. The molecule has 0 radical (unpaired) electrons. The van der Waals surface area contributed by atoms with Crippen LogP contribution in [0.15, 0.2) is 97.2 Å². The first-order valence-corrected chi connectivity index (χ1v) is 17.1. The molecule has 0 saturated carbocycles. The number of ether oxygens (including phenoxy) is 1. The standard InChI is InChI=1S/C35H29F4IN4O2S/c36-28-16-26(15-27(17-28)35(37,38)39)34(18-23-7-3-1-4-8-23,31-12-11-25(19-40)20-41-31)43-32-42-29-13-14-44(21-30(29)47-32)33(45)46-22-24-9-5-2-6-10-24/h1-12,15-17,20H,13-14,18-19,21-22H2,(H,42,43). The lowest BCUT2D eigenvalue weighted by Crippen LogP contribution is -2.40. The minimum atomic E-state index is -4.77. The zero-order chi connectivity index (χ0) is 33.0. The van der Waals surface area contributed by atoms with Gasteiger partial charge in [0.2, 0.25) is 0 Å². The third kappa shape index (κ3) is 7.59. The number of carbonyl (C=O) groups excluding carboxylic acids is 1. The molecule has 0 fully saturated rings. The fraction of sp³-hybridized carbons (Fsp3) is 0.229. The molecule has 1 unspecified atom stereocenters. The Kier molecular flexibility index (Phi) is 9.78. The summed E-state index contributed by atoms with van der Waals surface area (Å²) in [5.74, 6) is -1.01. The Balaban J connectivity index is 1.38. The van der Waals surface area contributed by atoms with Crippen LogP contribution < -0.4 is 5.32 Å². The molecule has 1 atom stereocenters. The van der Waals surface area contributed by atoms with Crippen molar-refractivity contribution < 1.29 is 27.1 Å². The minimum Gasteiger partial charge on any atom is -0.445 e. The Morgan fingerprint density at radius 1 is 0.936 bits per heavy atom. The van der Waals surface area contributed by atoms with Crippen molar-refractivity contribution in [2.75, 3.05) is 11.9 Å². The second-order valence-electron chi connectivity index (χ2n) is 11.2. The summed E-state index contributed by atoms with van der Waals surface area (Å²) in [7, 11) is 0. The number of halogens is 5. The number of nitrogens with zero attached hydrogens (tertiary/aromatic N) is 3. The summed E-state index contributed by atoms with van der Waals surface area (Å²) in [5.41, 5.74) is 1.32. The van der Waals surface area contributed by atoms with Crippen LogP contribution in [0, 0.1) is 5.82 Å². The van der Waals surface area contributed by atoms with E-state index in [0.29, 0.717) is 34.3 Å². The first-order valence-electron chi connectivity index (χ1n) is 14.8. The Morgan fingerprint density at radius 2 is 1.64 bits per heavy atom. The number of thiazole rings is 1. The fourth-order valence-corrected chi connectivity index (χ4v) is 7.13. The minimum absolute atomic E-state index is 0.0580. The maximum Gasteiger partial charge on any atom is 0.416 e. The van der Waals surface area contributed by atoms with Crippen LogP contribution in [0.25, 0.3) is 0 Å². The number of aromatic nitrogens is 2. The van der Waals surface area contributed by atoms with Crippen LogP contribution in [0.3, 0.4) is 0 Å². The number of hydrogen-bond acceptors (Lipinski definition) is 6. The molecule has 0 saturated heterocycles. The summed E-state index contributed by atoms with van der Waals surface area (Å²) in [4.78, 5) is 24.9. The van der Waals surface area contributed by atoms with Crippen molar-refractivity contribution in [1.82, 2.24) is 14.9 Å². The summed E-state index contributed by atoms with van der Waals surface area (Å²) in [5, 5.41) is 3.86. The Hall–Kier alpha value is -4.04. The summed E-state index contributed by atoms with van der Waals surface area (Å²) >= 11 is 3.51. The molecule has 0 spiro atoms. The van der Waals surface area contributed by atoms with Crippen LogP contribution in [0.1, 0.15) is 44.1 Å². The first-order chi connectivity index (χ1) is 22.6. The zero-order valence-corrected chi connectivity index (χ0v) is 27.9. The molecular formula is C35H29F4IN4O2S. The van der Waals surface area contributed by atoms with Gasteiger partial charge in [0.25, 0.3) is 0 Å². The maximum absolute atomic E-state index is 15.1. The average molecular weight is 773 g/mol. The van der Waals surface area contributed by atoms with Crippen molar-refractivity contribution in [2.24, 2.45) is 0 Å². The lowest BCUT2D eigenvalue weighted by Gasteiger charge is -2.36. The Morgan fingerprint density at radius 3 is 2.30 bits per heavy atom. The molecule has 3 aromatic carbocycles. The monoisotopic (exact) mass is 772 g/mol. The van der Waals surface area contributed by atoms with E-state index in [0.717, 1.165) is 39.4 Å². The van der Waals surface area contributed by atoms with E-state index in [1.54, 1.807) is 17.2 Å². The molecule has 0 aliphatic carbocycles. The number of hydrogen-bond donors (Lipinski definition) is 1. The summed E-state index contributed by atoms with van der Waals surface area (Å²) in [6, 6.07) is 24.9. The van der Waals surface area contributed by atoms with Crippen molar-refractivity contribution in [3.63, 3.8) is 0 Å². The highest BCUT2D eigenvalue weighted by atomic mass is 127. The van der Waals surface area contributed by atoms with Gasteiger partial charge >= 0.3 is 12.3 Å². The zero-order valence-electron chi connectivity index (χ0n) is 24.9. The maximum atomic E-state index is 15.1. The van der Waals surface area contributed by atoms with Crippen molar-refractivity contribution >= 4 is 45.2 Å². The highest BCUT2D eigenvalue weighted by Crippen LogP contribution is 2.41. The Bertz CT molecular complexity index is 1840. The van der Waals surface area contributed by atoms with E-state index >= 15 is 4.39 Å².